The Bertz CT molecular complexity index is 1070. The van der Waals surface area contributed by atoms with Gasteiger partial charge < -0.3 is 9.88 Å². The molecule has 1 N–H and O–H groups in total. The average molecular weight is 408 g/mol. The van der Waals surface area contributed by atoms with Crippen LogP contribution in [0, 0.1) is 0 Å². The lowest BCUT2D eigenvalue weighted by Gasteiger charge is -2.19. The molecular formula is C22H22ClN5O. The molecule has 1 amide bonds. The second-order valence-corrected chi connectivity index (χ2v) is 7.34. The van der Waals surface area contributed by atoms with Crippen LogP contribution in [0.15, 0.2) is 73.2 Å². The van der Waals surface area contributed by atoms with Crippen LogP contribution in [0.3, 0.4) is 0 Å². The van der Waals surface area contributed by atoms with Crippen LogP contribution in [0.25, 0.3) is 5.65 Å². The molecule has 3 aromatic heterocycles. The third-order valence-electron chi connectivity index (χ3n) is 4.90. The molecule has 148 valence electrons. The third-order valence-corrected chi connectivity index (χ3v) is 5.16. The molecule has 4 aromatic rings. The van der Waals surface area contributed by atoms with Gasteiger partial charge in [0.25, 0.3) is 0 Å². The molecule has 1 aromatic carbocycles. The number of aromatic nitrogens is 4. The largest absolute Gasteiger partial charge is 0.356 e. The average Bonchev–Trinajstić information content (AvgIpc) is 3.41. The second-order valence-electron chi connectivity index (χ2n) is 6.90. The normalized spacial score (nSPS) is 12.2. The molecule has 0 radical (unpaired) electrons. The van der Waals surface area contributed by atoms with Crippen molar-refractivity contribution in [1.82, 2.24) is 24.5 Å². The predicted octanol–water partition coefficient (Wildman–Crippen LogP) is 3.91. The number of rotatable bonds is 8. The number of hydrogen-bond acceptors (Lipinski definition) is 3. The van der Waals surface area contributed by atoms with Gasteiger partial charge in [-0.05, 0) is 48.4 Å². The first-order valence-corrected chi connectivity index (χ1v) is 10.0. The topological polar surface area (TPSA) is 64.2 Å². The van der Waals surface area contributed by atoms with Gasteiger partial charge >= 0.3 is 0 Å². The quantitative estimate of drug-likeness (QED) is 0.450. The van der Waals surface area contributed by atoms with Crippen LogP contribution in [0.2, 0.25) is 5.02 Å². The molecule has 0 aliphatic rings. The summed E-state index contributed by atoms with van der Waals surface area (Å²) in [4.78, 5) is 12.6. The van der Waals surface area contributed by atoms with Gasteiger partial charge in [0.15, 0.2) is 5.65 Å². The third kappa shape index (κ3) is 4.66. The van der Waals surface area contributed by atoms with Crippen molar-refractivity contribution in [2.45, 2.75) is 25.3 Å². The number of benzene rings is 1. The van der Waals surface area contributed by atoms with Crippen molar-refractivity contribution in [3.63, 3.8) is 0 Å². The Labute approximate surface area is 174 Å². The van der Waals surface area contributed by atoms with Crippen molar-refractivity contribution in [2.24, 2.45) is 0 Å². The zero-order valence-corrected chi connectivity index (χ0v) is 16.7. The minimum atomic E-state index is -0.0669. The van der Waals surface area contributed by atoms with E-state index in [1.165, 1.54) is 0 Å². The molecule has 0 saturated heterocycles. The SMILES string of the molecule is O=C(CC(c1ccc(Cl)cc1)n1cccc1)NCCCc1nnc2ccccn12. The lowest BCUT2D eigenvalue weighted by atomic mass is 10.0. The van der Waals surface area contributed by atoms with Crippen molar-refractivity contribution in [3.8, 4) is 0 Å². The molecule has 0 aliphatic heterocycles. The molecule has 1 atom stereocenters. The first kappa shape index (κ1) is 19.2. The summed E-state index contributed by atoms with van der Waals surface area (Å²) in [5.41, 5.74) is 1.89. The molecule has 6 nitrogen and oxygen atoms in total. The fraction of sp³-hybridized carbons (Fsp3) is 0.227. The standard InChI is InChI=1S/C22H22ClN5O/c23-18-10-8-17(9-11-18)19(27-13-3-4-14-27)16-22(29)24-12-5-7-21-26-25-20-6-1-2-15-28(20)21/h1-4,6,8-11,13-15,19H,5,7,12,16H2,(H,24,29). The minimum Gasteiger partial charge on any atom is -0.356 e. The van der Waals surface area contributed by atoms with E-state index in [1.807, 2.05) is 82.2 Å². The molecular weight excluding hydrogens is 386 g/mol. The lowest BCUT2D eigenvalue weighted by molar-refractivity contribution is -0.121. The molecule has 7 heteroatoms. The van der Waals surface area contributed by atoms with Crippen LogP contribution in [-0.2, 0) is 11.2 Å². The van der Waals surface area contributed by atoms with E-state index in [-0.39, 0.29) is 11.9 Å². The van der Waals surface area contributed by atoms with Crippen LogP contribution in [0.4, 0.5) is 0 Å². The van der Waals surface area contributed by atoms with Gasteiger partial charge in [0.1, 0.15) is 5.82 Å². The van der Waals surface area contributed by atoms with Crippen molar-refractivity contribution >= 4 is 23.2 Å². The first-order valence-electron chi connectivity index (χ1n) is 9.64. The summed E-state index contributed by atoms with van der Waals surface area (Å²) < 4.78 is 4.02. The first-order chi connectivity index (χ1) is 14.2. The summed E-state index contributed by atoms with van der Waals surface area (Å²) in [6.07, 6.45) is 7.83. The van der Waals surface area contributed by atoms with E-state index in [0.717, 1.165) is 29.9 Å². The molecule has 0 aliphatic carbocycles. The summed E-state index contributed by atoms with van der Waals surface area (Å²) in [5, 5.41) is 12.1. The molecule has 3 heterocycles. The van der Waals surface area contributed by atoms with Crippen LogP contribution in [-0.4, -0.2) is 31.6 Å². The van der Waals surface area contributed by atoms with E-state index < -0.39 is 0 Å². The van der Waals surface area contributed by atoms with Gasteiger partial charge in [-0.3, -0.25) is 9.20 Å². The van der Waals surface area contributed by atoms with Gasteiger partial charge in [0, 0.05) is 36.6 Å². The predicted molar refractivity (Wildman–Crippen MR) is 113 cm³/mol. The number of amides is 1. The lowest BCUT2D eigenvalue weighted by Crippen LogP contribution is -2.28. The highest BCUT2D eigenvalue weighted by atomic mass is 35.5. The van der Waals surface area contributed by atoms with Crippen LogP contribution >= 0.6 is 11.6 Å². The Morgan fingerprint density at radius 3 is 2.55 bits per heavy atom. The Morgan fingerprint density at radius 2 is 1.76 bits per heavy atom. The van der Waals surface area contributed by atoms with Crippen molar-refractivity contribution < 1.29 is 4.79 Å². The number of pyridine rings is 1. The maximum absolute atomic E-state index is 12.6. The van der Waals surface area contributed by atoms with E-state index in [4.69, 9.17) is 11.6 Å². The minimum absolute atomic E-state index is 0.0183. The number of hydrogen-bond donors (Lipinski definition) is 1. The fourth-order valence-electron chi connectivity index (χ4n) is 3.42. The van der Waals surface area contributed by atoms with E-state index in [1.54, 1.807) is 0 Å². The molecule has 0 saturated carbocycles. The summed E-state index contributed by atoms with van der Waals surface area (Å²) in [6, 6.07) is 17.3. The van der Waals surface area contributed by atoms with Gasteiger partial charge in [0.2, 0.25) is 5.91 Å². The van der Waals surface area contributed by atoms with Crippen LogP contribution in [0.1, 0.15) is 30.3 Å². The second kappa shape index (κ2) is 8.92. The van der Waals surface area contributed by atoms with Gasteiger partial charge in [-0.15, -0.1) is 10.2 Å². The van der Waals surface area contributed by atoms with E-state index in [2.05, 4.69) is 15.5 Å². The highest BCUT2D eigenvalue weighted by Gasteiger charge is 2.17. The monoisotopic (exact) mass is 407 g/mol. The van der Waals surface area contributed by atoms with Gasteiger partial charge in [-0.1, -0.05) is 29.8 Å². The Morgan fingerprint density at radius 1 is 1.00 bits per heavy atom. The number of halogens is 1. The number of fused-ring (bicyclic) bond motifs is 1. The highest BCUT2D eigenvalue weighted by Crippen LogP contribution is 2.24. The summed E-state index contributed by atoms with van der Waals surface area (Å²) in [7, 11) is 0. The van der Waals surface area contributed by atoms with Crippen molar-refractivity contribution in [3.05, 3.63) is 89.6 Å². The maximum Gasteiger partial charge on any atom is 0.222 e. The smallest absolute Gasteiger partial charge is 0.222 e. The summed E-state index contributed by atoms with van der Waals surface area (Å²) in [5.74, 6) is 0.922. The number of carbonyl (C=O) groups is 1. The highest BCUT2D eigenvalue weighted by molar-refractivity contribution is 6.30. The van der Waals surface area contributed by atoms with Gasteiger partial charge in [-0.2, -0.15) is 0 Å². The van der Waals surface area contributed by atoms with E-state index >= 15 is 0 Å². The molecule has 0 fully saturated rings. The Balaban J connectivity index is 1.33. The molecule has 29 heavy (non-hydrogen) atoms. The van der Waals surface area contributed by atoms with Crippen LogP contribution < -0.4 is 5.32 Å². The summed E-state index contributed by atoms with van der Waals surface area (Å²) in [6.45, 7) is 0.597. The Kier molecular flexibility index (Phi) is 5.91. The van der Waals surface area contributed by atoms with Crippen molar-refractivity contribution in [1.29, 1.82) is 0 Å². The molecule has 0 spiro atoms. The van der Waals surface area contributed by atoms with E-state index in [9.17, 15) is 4.79 Å². The molecule has 0 bridgehead atoms. The molecule has 1 unspecified atom stereocenters. The molecule has 4 rings (SSSR count). The van der Waals surface area contributed by atoms with Gasteiger partial charge in [0.05, 0.1) is 12.5 Å². The zero-order chi connectivity index (χ0) is 20.1. The van der Waals surface area contributed by atoms with Gasteiger partial charge in [-0.25, -0.2) is 0 Å². The van der Waals surface area contributed by atoms with E-state index in [0.29, 0.717) is 18.0 Å². The maximum atomic E-state index is 12.6. The Hall–Kier alpha value is -3.12. The number of nitrogens with one attached hydrogen (secondary N) is 1. The number of aryl methyl sites for hydroxylation is 1. The number of carbonyl (C=O) groups excluding carboxylic acids is 1. The van der Waals surface area contributed by atoms with Crippen molar-refractivity contribution in [2.75, 3.05) is 6.54 Å². The van der Waals surface area contributed by atoms with Crippen LogP contribution in [0.5, 0.6) is 0 Å². The summed E-state index contributed by atoms with van der Waals surface area (Å²) >= 11 is 6.01. The number of nitrogens with zero attached hydrogens (tertiary/aromatic N) is 4. The fourth-order valence-corrected chi connectivity index (χ4v) is 3.55. The zero-order valence-electron chi connectivity index (χ0n) is 15.9.